The van der Waals surface area contributed by atoms with E-state index in [2.05, 4.69) is 0 Å². The molecule has 0 unspecified atom stereocenters. The molecule has 7 heteroatoms. The van der Waals surface area contributed by atoms with Gasteiger partial charge in [-0.25, -0.2) is 18.0 Å². The van der Waals surface area contributed by atoms with Crippen LogP contribution in [-0.4, -0.2) is 14.2 Å². The van der Waals surface area contributed by atoms with Crippen LogP contribution in [0.1, 0.15) is 5.76 Å². The smallest absolute Gasteiger partial charge is 0.344 e. The maximum atomic E-state index is 14.9. The first kappa shape index (κ1) is 22.2. The van der Waals surface area contributed by atoms with Gasteiger partial charge in [0.15, 0.2) is 0 Å². The monoisotopic (exact) mass is 452 g/mol. The minimum Gasteiger partial charge on any atom is -0.497 e. The molecule has 0 fully saturated rings. The van der Waals surface area contributed by atoms with Crippen LogP contribution < -0.4 is 15.1 Å². The second-order valence-electron chi connectivity index (χ2n) is 7.28. The van der Waals surface area contributed by atoms with Gasteiger partial charge in [-0.1, -0.05) is 18.2 Å². The Hall–Kier alpha value is -4.00. The third kappa shape index (κ3) is 4.09. The summed E-state index contributed by atoms with van der Waals surface area (Å²) in [6, 6.07) is 13.7. The van der Waals surface area contributed by atoms with E-state index in [1.54, 1.807) is 24.3 Å². The maximum Gasteiger partial charge on any atom is 0.344 e. The van der Waals surface area contributed by atoms with Gasteiger partial charge < -0.3 is 13.9 Å². The highest BCUT2D eigenvalue weighted by molar-refractivity contribution is 5.95. The molecule has 0 amide bonds. The Morgan fingerprint density at radius 2 is 1.36 bits per heavy atom. The molecule has 0 radical (unpaired) electrons. The van der Waals surface area contributed by atoms with Gasteiger partial charge in [0, 0.05) is 34.4 Å². The molecule has 0 aliphatic rings. The summed E-state index contributed by atoms with van der Waals surface area (Å²) in [6.45, 7) is 1.49. The minimum atomic E-state index is -0.859. The van der Waals surface area contributed by atoms with Gasteiger partial charge in [-0.2, -0.15) is 0 Å². The van der Waals surface area contributed by atoms with Crippen molar-refractivity contribution < 1.29 is 27.1 Å². The number of rotatable bonds is 5. The number of methoxy groups -OCH3 is 2. The van der Waals surface area contributed by atoms with Gasteiger partial charge in [-0.05, 0) is 42.8 Å². The summed E-state index contributed by atoms with van der Waals surface area (Å²) >= 11 is 0. The molecule has 0 atom stereocenters. The Morgan fingerprint density at radius 3 is 1.97 bits per heavy atom. The first-order valence-electron chi connectivity index (χ1n) is 9.95. The molecule has 168 valence electrons. The van der Waals surface area contributed by atoms with E-state index in [0.717, 1.165) is 12.1 Å². The summed E-state index contributed by atoms with van der Waals surface area (Å²) in [5.74, 6) is -1.38. The number of halogens is 3. The van der Waals surface area contributed by atoms with Gasteiger partial charge in [0.2, 0.25) is 0 Å². The lowest BCUT2D eigenvalue weighted by Crippen LogP contribution is -2.10. The molecule has 0 bridgehead atoms. The lowest BCUT2D eigenvalue weighted by molar-refractivity contribution is 0.394. The Kier molecular flexibility index (Phi) is 5.96. The van der Waals surface area contributed by atoms with Crippen molar-refractivity contribution in [2.45, 2.75) is 6.92 Å². The summed E-state index contributed by atoms with van der Waals surface area (Å²) in [7, 11) is 2.92. The van der Waals surface area contributed by atoms with Gasteiger partial charge in [0.25, 0.3) is 0 Å². The highest BCUT2D eigenvalue weighted by atomic mass is 19.1. The average Bonchev–Trinajstić information content (AvgIpc) is 2.79. The fourth-order valence-electron chi connectivity index (χ4n) is 3.81. The fourth-order valence-corrected chi connectivity index (χ4v) is 3.81. The zero-order valence-electron chi connectivity index (χ0n) is 18.0. The molecule has 1 aromatic heterocycles. The molecule has 0 spiro atoms. The second kappa shape index (κ2) is 8.86. The molecule has 3 aromatic carbocycles. The number of benzene rings is 3. The molecular formula is C26H19F3O4. The lowest BCUT2D eigenvalue weighted by Gasteiger charge is -2.18. The van der Waals surface area contributed by atoms with Crippen LogP contribution in [0.4, 0.5) is 13.2 Å². The Balaban J connectivity index is 2.21. The number of aryl methyl sites for hydroxylation is 1. The van der Waals surface area contributed by atoms with Crippen LogP contribution >= 0.6 is 0 Å². The summed E-state index contributed by atoms with van der Waals surface area (Å²) in [6.07, 6.45) is 0. The van der Waals surface area contributed by atoms with Crippen molar-refractivity contribution in [2.75, 3.05) is 14.2 Å². The third-order valence-corrected chi connectivity index (χ3v) is 5.29. The highest BCUT2D eigenvalue weighted by Gasteiger charge is 2.26. The SMILES string of the molecule is COc1cc(OC)cc(-c2c(-c3ccc(F)cc3F)c(C)oc(=O)c2-c2ccccc2F)c1. The minimum absolute atomic E-state index is 0.00738. The van der Waals surface area contributed by atoms with Gasteiger partial charge in [-0.15, -0.1) is 0 Å². The topological polar surface area (TPSA) is 48.7 Å². The van der Waals surface area contributed by atoms with Crippen LogP contribution in [0, 0.1) is 24.4 Å². The summed E-state index contributed by atoms with van der Waals surface area (Å²) in [4.78, 5) is 13.1. The van der Waals surface area contributed by atoms with E-state index in [1.807, 2.05) is 0 Å². The molecule has 33 heavy (non-hydrogen) atoms. The molecule has 4 rings (SSSR count). The first-order valence-corrected chi connectivity index (χ1v) is 9.95. The van der Waals surface area contributed by atoms with Gasteiger partial charge in [0.05, 0.1) is 19.8 Å². The zero-order chi connectivity index (χ0) is 23.7. The van der Waals surface area contributed by atoms with Gasteiger partial charge >= 0.3 is 5.63 Å². The van der Waals surface area contributed by atoms with E-state index in [0.29, 0.717) is 17.1 Å². The van der Waals surface area contributed by atoms with Crippen LogP contribution in [0.15, 0.2) is 69.9 Å². The fraction of sp³-hybridized carbons (Fsp3) is 0.115. The molecule has 0 saturated heterocycles. The van der Waals surface area contributed by atoms with Crippen LogP contribution in [0.25, 0.3) is 33.4 Å². The van der Waals surface area contributed by atoms with Crippen LogP contribution in [0.2, 0.25) is 0 Å². The second-order valence-corrected chi connectivity index (χ2v) is 7.28. The quantitative estimate of drug-likeness (QED) is 0.352. The Morgan fingerprint density at radius 1 is 0.727 bits per heavy atom. The van der Waals surface area contributed by atoms with Crippen LogP contribution in [-0.2, 0) is 0 Å². The average molecular weight is 452 g/mol. The molecule has 0 aliphatic heterocycles. The first-order chi connectivity index (χ1) is 15.8. The number of hydrogen-bond acceptors (Lipinski definition) is 4. The van der Waals surface area contributed by atoms with Gasteiger partial charge in [0.1, 0.15) is 34.7 Å². The molecule has 4 aromatic rings. The summed E-state index contributed by atoms with van der Waals surface area (Å²) < 4.78 is 59.6. The Bertz CT molecular complexity index is 1390. The Labute approximate surface area is 187 Å². The molecule has 4 nitrogen and oxygen atoms in total. The van der Waals surface area contributed by atoms with E-state index < -0.39 is 23.1 Å². The largest absolute Gasteiger partial charge is 0.497 e. The normalized spacial score (nSPS) is 10.8. The molecular weight excluding hydrogens is 433 g/mol. The van der Waals surface area contributed by atoms with E-state index in [9.17, 15) is 18.0 Å². The van der Waals surface area contributed by atoms with Crippen molar-refractivity contribution in [3.63, 3.8) is 0 Å². The van der Waals surface area contributed by atoms with Gasteiger partial charge in [-0.3, -0.25) is 0 Å². The highest BCUT2D eigenvalue weighted by Crippen LogP contribution is 2.43. The van der Waals surface area contributed by atoms with Crippen molar-refractivity contribution in [1.29, 1.82) is 0 Å². The predicted octanol–water partition coefficient (Wildman–Crippen LogP) is 6.38. The molecule has 0 aliphatic carbocycles. The van der Waals surface area contributed by atoms with Crippen LogP contribution in [0.3, 0.4) is 0 Å². The summed E-state index contributed by atoms with van der Waals surface area (Å²) in [5, 5.41) is 0. The van der Waals surface area contributed by atoms with Crippen molar-refractivity contribution in [2.24, 2.45) is 0 Å². The third-order valence-electron chi connectivity index (χ3n) is 5.29. The van der Waals surface area contributed by atoms with E-state index >= 15 is 0 Å². The number of hydrogen-bond donors (Lipinski definition) is 0. The maximum absolute atomic E-state index is 14.9. The van der Waals surface area contributed by atoms with E-state index in [-0.39, 0.29) is 33.6 Å². The van der Waals surface area contributed by atoms with E-state index in [4.69, 9.17) is 13.9 Å². The van der Waals surface area contributed by atoms with E-state index in [1.165, 1.54) is 45.4 Å². The standard InChI is InChI=1S/C26H19F3O4/c1-14-23(20-9-8-16(27)12-22(20)29)24(15-10-17(31-2)13-18(11-15)32-3)25(26(30)33-14)19-6-4-5-7-21(19)28/h4-13H,1-3H3. The molecule has 0 saturated carbocycles. The zero-order valence-corrected chi connectivity index (χ0v) is 18.0. The number of ether oxygens (including phenoxy) is 2. The van der Waals surface area contributed by atoms with Crippen molar-refractivity contribution in [3.05, 3.63) is 94.3 Å². The van der Waals surface area contributed by atoms with Crippen molar-refractivity contribution in [3.8, 4) is 44.9 Å². The van der Waals surface area contributed by atoms with Crippen molar-refractivity contribution in [1.82, 2.24) is 0 Å². The van der Waals surface area contributed by atoms with Crippen molar-refractivity contribution >= 4 is 0 Å². The summed E-state index contributed by atoms with van der Waals surface area (Å²) in [5.41, 5.74) is -0.149. The predicted molar refractivity (Wildman–Crippen MR) is 119 cm³/mol. The lowest BCUT2D eigenvalue weighted by atomic mass is 9.88. The molecule has 1 heterocycles. The molecule has 0 N–H and O–H groups in total. The van der Waals surface area contributed by atoms with Crippen LogP contribution in [0.5, 0.6) is 11.5 Å².